The fraction of sp³-hybridized carbons (Fsp3) is 0.207. The van der Waals surface area contributed by atoms with E-state index in [-0.39, 0.29) is 18.4 Å². The second kappa shape index (κ2) is 9.81. The minimum absolute atomic E-state index is 0.191. The van der Waals surface area contributed by atoms with E-state index in [4.69, 9.17) is 14.6 Å². The number of fused-ring (bicyclic) bond motifs is 1. The minimum atomic E-state index is -1.23. The molecule has 0 saturated heterocycles. The van der Waals surface area contributed by atoms with Crippen LogP contribution in [0.2, 0.25) is 0 Å². The van der Waals surface area contributed by atoms with Crippen LogP contribution in [0.3, 0.4) is 0 Å². The van der Waals surface area contributed by atoms with E-state index in [1.807, 2.05) is 54.6 Å². The van der Waals surface area contributed by atoms with Crippen LogP contribution in [0.25, 0.3) is 11.3 Å². The molecule has 5 rings (SSSR count). The molecule has 1 atom stereocenters. The Morgan fingerprint density at radius 1 is 0.946 bits per heavy atom. The number of aromatic nitrogens is 2. The summed E-state index contributed by atoms with van der Waals surface area (Å²) in [5.74, 6) is 0.820. The zero-order chi connectivity index (χ0) is 26.0. The summed E-state index contributed by atoms with van der Waals surface area (Å²) in [5, 5.41) is 7.73. The molecule has 0 fully saturated rings. The van der Waals surface area contributed by atoms with Gasteiger partial charge < -0.3 is 14.8 Å². The summed E-state index contributed by atoms with van der Waals surface area (Å²) in [5.41, 5.74) is 2.25. The number of rotatable bonds is 7. The molecule has 188 valence electrons. The van der Waals surface area contributed by atoms with Crippen LogP contribution in [-0.4, -0.2) is 41.4 Å². The van der Waals surface area contributed by atoms with Gasteiger partial charge in [-0.25, -0.2) is 0 Å². The molecule has 0 spiro atoms. The molecule has 2 heterocycles. The number of ether oxygens (including phenoxy) is 2. The third kappa shape index (κ3) is 4.53. The van der Waals surface area contributed by atoms with Crippen molar-refractivity contribution in [3.05, 3.63) is 96.2 Å². The first-order chi connectivity index (χ1) is 17.9. The van der Waals surface area contributed by atoms with Gasteiger partial charge in [-0.15, -0.1) is 0 Å². The highest BCUT2D eigenvalue weighted by atomic mass is 16.5. The molecular weight excluding hydrogens is 468 g/mol. The topological polar surface area (TPSA) is 85.7 Å². The number of hydrogen-bond acceptors (Lipinski definition) is 5. The average Bonchev–Trinajstić information content (AvgIpc) is 3.36. The fourth-order valence-electron chi connectivity index (χ4n) is 4.59. The van der Waals surface area contributed by atoms with E-state index in [9.17, 15) is 9.59 Å². The smallest absolute Gasteiger partial charge is 0.277 e. The van der Waals surface area contributed by atoms with Crippen molar-refractivity contribution in [3.63, 3.8) is 0 Å². The summed E-state index contributed by atoms with van der Waals surface area (Å²) in [7, 11) is 3.20. The van der Waals surface area contributed by atoms with Crippen LogP contribution < -0.4 is 19.7 Å². The molecule has 0 unspecified atom stereocenters. The normalized spacial score (nSPS) is 16.7. The van der Waals surface area contributed by atoms with E-state index >= 15 is 0 Å². The fourth-order valence-corrected chi connectivity index (χ4v) is 4.59. The Bertz CT molecular complexity index is 1410. The number of benzene rings is 3. The zero-order valence-electron chi connectivity index (χ0n) is 21.0. The maximum atomic E-state index is 13.9. The highest BCUT2D eigenvalue weighted by Gasteiger charge is 2.48. The molecule has 4 aromatic rings. The van der Waals surface area contributed by atoms with Gasteiger partial charge in [0, 0.05) is 17.8 Å². The van der Waals surface area contributed by atoms with Crippen molar-refractivity contribution in [2.24, 2.45) is 0 Å². The standard InChI is InChI=1S/C29H28N4O4/c1-29(28(35)30-18-20-7-5-4-6-8-20)19-32-26(17-25(31-32)21-9-13-23(36-2)14-10-21)27(34)33(29)22-11-15-24(37-3)16-12-22/h4-17H,18-19H2,1-3H3,(H,30,35)/t29-/m0/s1. The molecule has 37 heavy (non-hydrogen) atoms. The van der Waals surface area contributed by atoms with Crippen LogP contribution in [0.1, 0.15) is 23.0 Å². The van der Waals surface area contributed by atoms with Gasteiger partial charge in [-0.1, -0.05) is 30.3 Å². The molecule has 8 heteroatoms. The Labute approximate surface area is 215 Å². The molecule has 1 aliphatic rings. The van der Waals surface area contributed by atoms with E-state index in [2.05, 4.69) is 5.32 Å². The summed E-state index contributed by atoms with van der Waals surface area (Å²) >= 11 is 0. The number of nitrogens with zero attached hydrogens (tertiary/aromatic N) is 3. The van der Waals surface area contributed by atoms with Gasteiger partial charge in [-0.3, -0.25) is 19.2 Å². The number of carbonyl (C=O) groups is 2. The Kier molecular flexibility index (Phi) is 6.40. The third-order valence-electron chi connectivity index (χ3n) is 6.65. The summed E-state index contributed by atoms with van der Waals surface area (Å²) < 4.78 is 12.2. The Morgan fingerprint density at radius 3 is 2.19 bits per heavy atom. The quantitative estimate of drug-likeness (QED) is 0.412. The van der Waals surface area contributed by atoms with Crippen molar-refractivity contribution in [1.82, 2.24) is 15.1 Å². The average molecular weight is 497 g/mol. The number of hydrogen-bond donors (Lipinski definition) is 1. The van der Waals surface area contributed by atoms with E-state index in [0.29, 0.717) is 29.4 Å². The van der Waals surface area contributed by atoms with Crippen molar-refractivity contribution in [3.8, 4) is 22.8 Å². The summed E-state index contributed by atoms with van der Waals surface area (Å²) in [6, 6.07) is 26.0. The highest BCUT2D eigenvalue weighted by molar-refractivity contribution is 6.12. The van der Waals surface area contributed by atoms with Crippen LogP contribution in [0.15, 0.2) is 84.9 Å². The van der Waals surface area contributed by atoms with Crippen LogP contribution >= 0.6 is 0 Å². The summed E-state index contributed by atoms with van der Waals surface area (Å²) in [6.07, 6.45) is 0. The lowest BCUT2D eigenvalue weighted by Crippen LogP contribution is -2.64. The molecule has 0 aliphatic carbocycles. The van der Waals surface area contributed by atoms with Crippen LogP contribution in [0, 0.1) is 0 Å². The van der Waals surface area contributed by atoms with Gasteiger partial charge in [0.2, 0.25) is 5.91 Å². The van der Waals surface area contributed by atoms with Crippen LogP contribution in [-0.2, 0) is 17.9 Å². The number of anilines is 1. The lowest BCUT2D eigenvalue weighted by Gasteiger charge is -2.43. The zero-order valence-corrected chi connectivity index (χ0v) is 21.0. The van der Waals surface area contributed by atoms with Gasteiger partial charge in [-0.05, 0) is 67.1 Å². The second-order valence-corrected chi connectivity index (χ2v) is 9.08. The van der Waals surface area contributed by atoms with Gasteiger partial charge in [0.1, 0.15) is 22.7 Å². The molecule has 1 N–H and O–H groups in total. The Balaban J connectivity index is 1.53. The van der Waals surface area contributed by atoms with E-state index in [0.717, 1.165) is 16.9 Å². The van der Waals surface area contributed by atoms with E-state index < -0.39 is 5.54 Å². The predicted molar refractivity (Wildman–Crippen MR) is 141 cm³/mol. The van der Waals surface area contributed by atoms with Gasteiger partial charge in [0.25, 0.3) is 5.91 Å². The van der Waals surface area contributed by atoms with Crippen molar-refractivity contribution < 1.29 is 19.1 Å². The third-order valence-corrected chi connectivity index (χ3v) is 6.65. The molecule has 1 aliphatic heterocycles. The van der Waals surface area contributed by atoms with Gasteiger partial charge in [-0.2, -0.15) is 5.10 Å². The van der Waals surface area contributed by atoms with E-state index in [1.54, 1.807) is 61.1 Å². The molecule has 8 nitrogen and oxygen atoms in total. The lowest BCUT2D eigenvalue weighted by molar-refractivity contribution is -0.126. The van der Waals surface area contributed by atoms with E-state index in [1.165, 1.54) is 0 Å². The Hall–Kier alpha value is -4.59. The maximum absolute atomic E-state index is 13.9. The number of carbonyl (C=O) groups excluding carboxylic acids is 2. The first kappa shape index (κ1) is 24.1. The van der Waals surface area contributed by atoms with Crippen molar-refractivity contribution in [2.75, 3.05) is 19.1 Å². The molecule has 0 bridgehead atoms. The first-order valence-corrected chi connectivity index (χ1v) is 12.0. The summed E-state index contributed by atoms with van der Waals surface area (Å²) in [6.45, 7) is 2.31. The van der Waals surface area contributed by atoms with Gasteiger partial charge >= 0.3 is 0 Å². The highest BCUT2D eigenvalue weighted by Crippen LogP contribution is 2.35. The molecule has 0 radical (unpaired) electrons. The lowest BCUT2D eigenvalue weighted by atomic mass is 9.93. The number of nitrogens with one attached hydrogen (secondary N) is 1. The molecule has 2 amide bonds. The molecular formula is C29H28N4O4. The minimum Gasteiger partial charge on any atom is -0.497 e. The van der Waals surface area contributed by atoms with Crippen molar-refractivity contribution in [1.29, 1.82) is 0 Å². The van der Waals surface area contributed by atoms with Crippen molar-refractivity contribution >= 4 is 17.5 Å². The maximum Gasteiger partial charge on any atom is 0.277 e. The summed E-state index contributed by atoms with van der Waals surface area (Å²) in [4.78, 5) is 29.2. The van der Waals surface area contributed by atoms with Gasteiger partial charge in [0.15, 0.2) is 0 Å². The SMILES string of the molecule is COc1ccc(-c2cc3n(n2)C[C@@](C)(C(=O)NCc2ccccc2)N(c2ccc(OC)cc2)C3=O)cc1. The predicted octanol–water partition coefficient (Wildman–Crippen LogP) is 4.30. The van der Waals surface area contributed by atoms with Crippen LogP contribution in [0.4, 0.5) is 5.69 Å². The van der Waals surface area contributed by atoms with Crippen molar-refractivity contribution in [2.45, 2.75) is 25.6 Å². The molecule has 0 saturated carbocycles. The molecule has 1 aromatic heterocycles. The van der Waals surface area contributed by atoms with Gasteiger partial charge in [0.05, 0.1) is 26.5 Å². The second-order valence-electron chi connectivity index (χ2n) is 9.08. The largest absolute Gasteiger partial charge is 0.497 e. The Morgan fingerprint density at radius 2 is 1.57 bits per heavy atom. The number of amides is 2. The number of methoxy groups -OCH3 is 2. The van der Waals surface area contributed by atoms with Crippen LogP contribution in [0.5, 0.6) is 11.5 Å². The monoisotopic (exact) mass is 496 g/mol. The molecule has 3 aromatic carbocycles. The first-order valence-electron chi connectivity index (χ1n) is 12.0.